The minimum Gasteiger partial charge on any atom is -0.495 e. The summed E-state index contributed by atoms with van der Waals surface area (Å²) in [5.74, 6) is 0.223. The number of carbonyl (C=O) groups excluding carboxylic acids is 2. The van der Waals surface area contributed by atoms with Crippen molar-refractivity contribution in [3.63, 3.8) is 0 Å². The first kappa shape index (κ1) is 17.8. The van der Waals surface area contributed by atoms with Gasteiger partial charge in [0.05, 0.1) is 30.1 Å². The lowest BCUT2D eigenvalue weighted by atomic mass is 10.2. The third-order valence-electron chi connectivity index (χ3n) is 3.77. The van der Waals surface area contributed by atoms with Crippen LogP contribution in [0.4, 0.5) is 11.4 Å². The quantitative estimate of drug-likeness (QED) is 0.828. The number of nitrogens with zero attached hydrogens (tertiary/aromatic N) is 2. The number of hydrogen-bond acceptors (Lipinski definition) is 5. The predicted octanol–water partition coefficient (Wildman–Crippen LogP) is 2.69. The summed E-state index contributed by atoms with van der Waals surface area (Å²) < 4.78 is 11.4. The highest BCUT2D eigenvalue weighted by atomic mass is 79.9. The summed E-state index contributed by atoms with van der Waals surface area (Å²) >= 11 is 3.35. The van der Waals surface area contributed by atoms with Gasteiger partial charge < -0.3 is 14.8 Å². The van der Waals surface area contributed by atoms with Gasteiger partial charge in [-0.3, -0.25) is 14.5 Å². The summed E-state index contributed by atoms with van der Waals surface area (Å²) in [5.41, 5.74) is 1.28. The van der Waals surface area contributed by atoms with E-state index in [-0.39, 0.29) is 19.1 Å². The molecule has 1 heterocycles. The van der Waals surface area contributed by atoms with Crippen LogP contribution in [-0.4, -0.2) is 32.1 Å². The molecule has 0 atom stereocenters. The van der Waals surface area contributed by atoms with E-state index in [2.05, 4.69) is 21.2 Å². The van der Waals surface area contributed by atoms with Crippen molar-refractivity contribution in [3.05, 3.63) is 46.4 Å². The number of fused-ring (bicyclic) bond motifs is 1. The first-order valence-electron chi connectivity index (χ1n) is 7.62. The van der Waals surface area contributed by atoms with E-state index in [0.29, 0.717) is 28.4 Å². The molecule has 0 bridgehead atoms. The lowest BCUT2D eigenvalue weighted by molar-refractivity contribution is -0.123. The minimum atomic E-state index is -0.414. The van der Waals surface area contributed by atoms with Gasteiger partial charge in [-0.2, -0.15) is 5.26 Å². The number of amides is 2. The molecule has 0 spiro atoms. The Kier molecular flexibility index (Phi) is 5.09. The van der Waals surface area contributed by atoms with Crippen molar-refractivity contribution in [2.45, 2.75) is 0 Å². The molecule has 1 aliphatic rings. The molecule has 132 valence electrons. The number of nitriles is 1. The van der Waals surface area contributed by atoms with Gasteiger partial charge in [-0.1, -0.05) is 15.9 Å². The zero-order chi connectivity index (χ0) is 18.7. The predicted molar refractivity (Wildman–Crippen MR) is 98.3 cm³/mol. The Morgan fingerprint density at radius 2 is 2.19 bits per heavy atom. The molecule has 0 aliphatic carbocycles. The fourth-order valence-corrected chi connectivity index (χ4v) is 2.90. The second-order valence-electron chi connectivity index (χ2n) is 5.46. The van der Waals surface area contributed by atoms with Crippen LogP contribution in [-0.2, 0) is 9.59 Å². The molecular weight excluding hydrogens is 402 g/mol. The number of carbonyl (C=O) groups is 2. The van der Waals surface area contributed by atoms with Gasteiger partial charge >= 0.3 is 0 Å². The van der Waals surface area contributed by atoms with E-state index in [1.165, 1.54) is 18.1 Å². The van der Waals surface area contributed by atoms with Crippen LogP contribution in [0.5, 0.6) is 11.5 Å². The van der Waals surface area contributed by atoms with Crippen LogP contribution >= 0.6 is 15.9 Å². The maximum Gasteiger partial charge on any atom is 0.265 e. The van der Waals surface area contributed by atoms with Crippen LogP contribution in [0, 0.1) is 11.3 Å². The van der Waals surface area contributed by atoms with E-state index < -0.39 is 5.91 Å². The third-order valence-corrected chi connectivity index (χ3v) is 4.26. The standard InChI is InChI=1S/C18H14BrN3O4/c1-25-15-5-2-11(8-20)6-13(15)21-17(23)9-22-14-4-3-12(19)7-16(14)26-10-18(22)24/h2-7H,9-10H2,1H3,(H,21,23). The van der Waals surface area contributed by atoms with Gasteiger partial charge in [0.1, 0.15) is 18.0 Å². The largest absolute Gasteiger partial charge is 0.495 e. The number of anilines is 2. The monoisotopic (exact) mass is 415 g/mol. The van der Waals surface area contributed by atoms with Crippen molar-refractivity contribution in [1.29, 1.82) is 5.26 Å². The van der Waals surface area contributed by atoms with Gasteiger partial charge in [-0.25, -0.2) is 0 Å². The van der Waals surface area contributed by atoms with Gasteiger partial charge in [-0.05, 0) is 36.4 Å². The molecule has 7 nitrogen and oxygen atoms in total. The van der Waals surface area contributed by atoms with Crippen LogP contribution < -0.4 is 19.7 Å². The van der Waals surface area contributed by atoms with Gasteiger partial charge in [0, 0.05) is 4.47 Å². The van der Waals surface area contributed by atoms with Crippen LogP contribution in [0.25, 0.3) is 0 Å². The summed E-state index contributed by atoms with van der Waals surface area (Å²) in [6.07, 6.45) is 0. The lowest BCUT2D eigenvalue weighted by Gasteiger charge is -2.29. The lowest BCUT2D eigenvalue weighted by Crippen LogP contribution is -2.43. The number of nitrogens with one attached hydrogen (secondary N) is 1. The van der Waals surface area contributed by atoms with E-state index in [1.54, 1.807) is 30.3 Å². The van der Waals surface area contributed by atoms with E-state index in [0.717, 1.165) is 4.47 Å². The summed E-state index contributed by atoms with van der Waals surface area (Å²) in [7, 11) is 1.47. The third kappa shape index (κ3) is 3.63. The van der Waals surface area contributed by atoms with Crippen LogP contribution in [0.2, 0.25) is 0 Å². The molecule has 0 saturated carbocycles. The maximum atomic E-state index is 12.5. The highest BCUT2D eigenvalue weighted by Crippen LogP contribution is 2.34. The van der Waals surface area contributed by atoms with Crippen molar-refractivity contribution in [2.24, 2.45) is 0 Å². The van der Waals surface area contributed by atoms with Crippen molar-refractivity contribution in [1.82, 2.24) is 0 Å². The average molecular weight is 416 g/mol. The highest BCUT2D eigenvalue weighted by Gasteiger charge is 2.27. The molecule has 0 saturated heterocycles. The smallest absolute Gasteiger partial charge is 0.265 e. The summed E-state index contributed by atoms with van der Waals surface area (Å²) in [6, 6.07) is 11.9. The van der Waals surface area contributed by atoms with Crippen molar-refractivity contribution >= 4 is 39.1 Å². The SMILES string of the molecule is COc1ccc(C#N)cc1NC(=O)CN1C(=O)COc2cc(Br)ccc21. The van der Waals surface area contributed by atoms with Crippen LogP contribution in [0.1, 0.15) is 5.56 Å². The Labute approximate surface area is 158 Å². The number of benzene rings is 2. The first-order valence-corrected chi connectivity index (χ1v) is 8.42. The number of methoxy groups -OCH3 is 1. The van der Waals surface area contributed by atoms with Gasteiger partial charge in [0.2, 0.25) is 5.91 Å². The molecule has 1 N–H and O–H groups in total. The second kappa shape index (κ2) is 7.45. The highest BCUT2D eigenvalue weighted by molar-refractivity contribution is 9.10. The number of hydrogen-bond donors (Lipinski definition) is 1. The maximum absolute atomic E-state index is 12.5. The number of halogens is 1. The Balaban J connectivity index is 1.81. The van der Waals surface area contributed by atoms with Gasteiger partial charge in [0.15, 0.2) is 6.61 Å². The van der Waals surface area contributed by atoms with Gasteiger partial charge in [-0.15, -0.1) is 0 Å². The van der Waals surface area contributed by atoms with Crippen LogP contribution in [0.15, 0.2) is 40.9 Å². The van der Waals surface area contributed by atoms with E-state index in [4.69, 9.17) is 14.7 Å². The minimum absolute atomic E-state index is 0.135. The molecule has 2 amide bonds. The molecule has 8 heteroatoms. The van der Waals surface area contributed by atoms with Gasteiger partial charge in [0.25, 0.3) is 5.91 Å². The Bertz CT molecular complexity index is 923. The topological polar surface area (TPSA) is 91.7 Å². The van der Waals surface area contributed by atoms with E-state index in [9.17, 15) is 9.59 Å². The molecule has 26 heavy (non-hydrogen) atoms. The fraction of sp³-hybridized carbons (Fsp3) is 0.167. The molecule has 0 aromatic heterocycles. The molecule has 0 unspecified atom stereocenters. The van der Waals surface area contributed by atoms with Crippen molar-refractivity contribution in [2.75, 3.05) is 30.5 Å². The second-order valence-corrected chi connectivity index (χ2v) is 6.37. The molecule has 0 fully saturated rings. The first-order chi connectivity index (χ1) is 12.5. The molecular formula is C18H14BrN3O4. The Morgan fingerprint density at radius 1 is 1.38 bits per heavy atom. The molecule has 2 aromatic rings. The summed E-state index contributed by atoms with van der Waals surface area (Å²) in [4.78, 5) is 26.0. The van der Waals surface area contributed by atoms with Crippen molar-refractivity contribution in [3.8, 4) is 17.6 Å². The Morgan fingerprint density at radius 3 is 2.92 bits per heavy atom. The zero-order valence-corrected chi connectivity index (χ0v) is 15.4. The summed E-state index contributed by atoms with van der Waals surface area (Å²) in [6.45, 7) is -0.319. The normalized spacial score (nSPS) is 12.7. The number of ether oxygens (including phenoxy) is 2. The fourth-order valence-electron chi connectivity index (χ4n) is 2.56. The zero-order valence-electron chi connectivity index (χ0n) is 13.8. The van der Waals surface area contributed by atoms with Crippen molar-refractivity contribution < 1.29 is 19.1 Å². The van der Waals surface area contributed by atoms with E-state index in [1.807, 2.05) is 6.07 Å². The number of rotatable bonds is 4. The Hall–Kier alpha value is -3.05. The summed E-state index contributed by atoms with van der Waals surface area (Å²) in [5, 5.41) is 11.7. The molecule has 0 radical (unpaired) electrons. The van der Waals surface area contributed by atoms with Crippen LogP contribution in [0.3, 0.4) is 0 Å². The molecule has 3 rings (SSSR count). The molecule has 1 aliphatic heterocycles. The van der Waals surface area contributed by atoms with E-state index >= 15 is 0 Å². The molecule has 2 aromatic carbocycles. The average Bonchev–Trinajstić information content (AvgIpc) is 2.64.